The lowest BCUT2D eigenvalue weighted by Gasteiger charge is -2.20. The Morgan fingerprint density at radius 3 is 2.43 bits per heavy atom. The van der Waals surface area contributed by atoms with Crippen LogP contribution in [0.1, 0.15) is 20.8 Å². The van der Waals surface area contributed by atoms with Crippen molar-refractivity contribution in [3.8, 4) is 11.3 Å². The number of likely N-dealkylation sites (N-methyl/N-ethyl adjacent to an activating group) is 2. The minimum Gasteiger partial charge on any atom is -0.340 e. The molecule has 1 N–H and O–H groups in total. The van der Waals surface area contributed by atoms with Crippen LogP contribution in [0.15, 0.2) is 67.0 Å². The first-order chi connectivity index (χ1) is 14.4. The van der Waals surface area contributed by atoms with Crippen LogP contribution in [0, 0.1) is 0 Å². The predicted octanol–water partition coefficient (Wildman–Crippen LogP) is 3.03. The zero-order valence-electron chi connectivity index (χ0n) is 17.4. The van der Waals surface area contributed by atoms with Crippen molar-refractivity contribution in [2.24, 2.45) is 0 Å². The van der Waals surface area contributed by atoms with Crippen LogP contribution in [0.3, 0.4) is 0 Å². The van der Waals surface area contributed by atoms with Crippen LogP contribution in [0.4, 0.5) is 5.69 Å². The van der Waals surface area contributed by atoms with Crippen molar-refractivity contribution in [1.82, 2.24) is 19.8 Å². The number of para-hydroxylation sites is 1. The maximum absolute atomic E-state index is 12.7. The Kier molecular flexibility index (Phi) is 6.87. The van der Waals surface area contributed by atoms with Crippen LogP contribution in [-0.2, 0) is 0 Å². The third-order valence-corrected chi connectivity index (χ3v) is 4.53. The topological polar surface area (TPSA) is 78.4 Å². The normalized spacial score (nSPS) is 10.7. The largest absolute Gasteiger partial charge is 0.340 e. The third kappa shape index (κ3) is 5.48. The zero-order valence-corrected chi connectivity index (χ0v) is 17.4. The van der Waals surface area contributed by atoms with E-state index in [1.54, 1.807) is 48.5 Å². The molecule has 0 saturated heterocycles. The second-order valence-electron chi connectivity index (χ2n) is 7.22. The Labute approximate surface area is 176 Å². The highest BCUT2D eigenvalue weighted by Gasteiger charge is 2.14. The van der Waals surface area contributed by atoms with E-state index >= 15 is 0 Å². The van der Waals surface area contributed by atoms with Crippen molar-refractivity contribution in [2.75, 3.05) is 39.5 Å². The van der Waals surface area contributed by atoms with Crippen molar-refractivity contribution in [2.45, 2.75) is 0 Å². The van der Waals surface area contributed by atoms with E-state index in [4.69, 9.17) is 0 Å². The molecular formula is C23H25N5O2. The van der Waals surface area contributed by atoms with E-state index in [1.807, 2.05) is 43.3 Å². The molecule has 3 rings (SSSR count). The number of hydrogen-bond donors (Lipinski definition) is 1. The smallest absolute Gasteiger partial charge is 0.275 e. The van der Waals surface area contributed by atoms with Crippen molar-refractivity contribution < 1.29 is 9.59 Å². The Hall–Kier alpha value is -3.58. The predicted molar refractivity (Wildman–Crippen MR) is 117 cm³/mol. The average Bonchev–Trinajstić information content (AvgIpc) is 2.77. The van der Waals surface area contributed by atoms with Gasteiger partial charge in [-0.1, -0.05) is 30.3 Å². The third-order valence-electron chi connectivity index (χ3n) is 4.53. The van der Waals surface area contributed by atoms with Gasteiger partial charge in [-0.2, -0.15) is 0 Å². The van der Waals surface area contributed by atoms with Crippen molar-refractivity contribution >= 4 is 17.5 Å². The molecule has 2 aromatic carbocycles. The molecule has 0 radical (unpaired) electrons. The van der Waals surface area contributed by atoms with Crippen LogP contribution in [0.2, 0.25) is 0 Å². The van der Waals surface area contributed by atoms with Crippen LogP contribution in [0.5, 0.6) is 0 Å². The van der Waals surface area contributed by atoms with Crippen molar-refractivity contribution in [1.29, 1.82) is 0 Å². The number of rotatable bonds is 7. The highest BCUT2D eigenvalue weighted by atomic mass is 16.2. The van der Waals surface area contributed by atoms with Gasteiger partial charge in [0.05, 0.1) is 18.1 Å². The Morgan fingerprint density at radius 2 is 1.70 bits per heavy atom. The number of aromatic nitrogens is 2. The van der Waals surface area contributed by atoms with Crippen LogP contribution in [0.25, 0.3) is 11.3 Å². The highest BCUT2D eigenvalue weighted by Crippen LogP contribution is 2.19. The number of carbonyl (C=O) groups excluding carboxylic acids is 2. The molecule has 0 saturated carbocycles. The molecule has 7 nitrogen and oxygen atoms in total. The van der Waals surface area contributed by atoms with Crippen molar-refractivity contribution in [3.05, 3.63) is 78.2 Å². The molecule has 0 aliphatic carbocycles. The molecule has 0 aliphatic rings. The summed E-state index contributed by atoms with van der Waals surface area (Å²) in [5.41, 5.74) is 2.71. The zero-order chi connectivity index (χ0) is 21.5. The second-order valence-corrected chi connectivity index (χ2v) is 7.22. The van der Waals surface area contributed by atoms with Crippen LogP contribution >= 0.6 is 0 Å². The van der Waals surface area contributed by atoms with E-state index in [-0.39, 0.29) is 17.5 Å². The molecular weight excluding hydrogens is 378 g/mol. The number of benzene rings is 2. The summed E-state index contributed by atoms with van der Waals surface area (Å²) >= 11 is 0. The van der Waals surface area contributed by atoms with E-state index in [0.29, 0.717) is 23.5 Å². The molecule has 154 valence electrons. The molecule has 0 unspecified atom stereocenters. The molecule has 3 aromatic rings. The SMILES string of the molecule is CN(C)CCN(C)C(=O)c1cccc(-c2cncc(C(=O)Nc3ccccc3)n2)c1. The molecule has 0 aliphatic heterocycles. The molecule has 0 atom stereocenters. The average molecular weight is 403 g/mol. The van der Waals surface area contributed by atoms with Gasteiger partial charge in [-0.3, -0.25) is 14.6 Å². The number of hydrogen-bond acceptors (Lipinski definition) is 5. The summed E-state index contributed by atoms with van der Waals surface area (Å²) < 4.78 is 0. The van der Waals surface area contributed by atoms with Gasteiger partial charge in [0.15, 0.2) is 0 Å². The lowest BCUT2D eigenvalue weighted by atomic mass is 10.1. The van der Waals surface area contributed by atoms with Gasteiger partial charge in [0.1, 0.15) is 5.69 Å². The van der Waals surface area contributed by atoms with Gasteiger partial charge in [-0.25, -0.2) is 4.98 Å². The minimum atomic E-state index is -0.341. The Morgan fingerprint density at radius 1 is 0.933 bits per heavy atom. The summed E-state index contributed by atoms with van der Waals surface area (Å²) in [6.07, 6.45) is 3.00. The first-order valence-electron chi connectivity index (χ1n) is 9.63. The fraction of sp³-hybridized carbons (Fsp3) is 0.217. The van der Waals surface area contributed by atoms with Crippen LogP contribution in [-0.4, -0.2) is 65.8 Å². The number of nitrogens with one attached hydrogen (secondary N) is 1. The fourth-order valence-electron chi connectivity index (χ4n) is 2.81. The maximum atomic E-state index is 12.7. The molecule has 30 heavy (non-hydrogen) atoms. The summed E-state index contributed by atoms with van der Waals surface area (Å²) in [5.74, 6) is -0.407. The first-order valence-corrected chi connectivity index (χ1v) is 9.63. The summed E-state index contributed by atoms with van der Waals surface area (Å²) in [6, 6.07) is 16.4. The van der Waals surface area contributed by atoms with Gasteiger partial charge in [0.2, 0.25) is 0 Å². The molecule has 0 fully saturated rings. The molecule has 0 bridgehead atoms. The van der Waals surface area contributed by atoms with Gasteiger partial charge in [-0.15, -0.1) is 0 Å². The monoisotopic (exact) mass is 403 g/mol. The van der Waals surface area contributed by atoms with E-state index in [9.17, 15) is 9.59 Å². The van der Waals surface area contributed by atoms with Gasteiger partial charge >= 0.3 is 0 Å². The number of nitrogens with zero attached hydrogens (tertiary/aromatic N) is 4. The minimum absolute atomic E-state index is 0.0652. The summed E-state index contributed by atoms with van der Waals surface area (Å²) in [5, 5.41) is 2.80. The molecule has 2 amide bonds. The first kappa shape index (κ1) is 21.1. The van der Waals surface area contributed by atoms with E-state index in [1.165, 1.54) is 6.20 Å². The molecule has 1 heterocycles. The van der Waals surface area contributed by atoms with Gasteiger partial charge in [-0.05, 0) is 38.4 Å². The van der Waals surface area contributed by atoms with Crippen LogP contribution < -0.4 is 5.32 Å². The molecule has 0 spiro atoms. The number of anilines is 1. The van der Waals surface area contributed by atoms with Crippen molar-refractivity contribution in [3.63, 3.8) is 0 Å². The number of carbonyl (C=O) groups is 2. The summed E-state index contributed by atoms with van der Waals surface area (Å²) in [4.78, 5) is 37.6. The summed E-state index contributed by atoms with van der Waals surface area (Å²) in [7, 11) is 5.73. The van der Waals surface area contributed by atoms with E-state index in [0.717, 1.165) is 12.1 Å². The van der Waals surface area contributed by atoms with E-state index < -0.39 is 0 Å². The Bertz CT molecular complexity index is 1020. The quantitative estimate of drug-likeness (QED) is 0.656. The standard InChI is InChI=1S/C23H25N5O2/c1-27(2)12-13-28(3)23(30)18-9-7-8-17(14-18)20-15-24-16-21(26-20)22(29)25-19-10-5-4-6-11-19/h4-11,14-16H,12-13H2,1-3H3,(H,25,29). The van der Waals surface area contributed by atoms with Gasteiger partial charge in [0, 0.05) is 37.0 Å². The summed E-state index contributed by atoms with van der Waals surface area (Å²) in [6.45, 7) is 1.41. The van der Waals surface area contributed by atoms with E-state index in [2.05, 4.69) is 15.3 Å². The molecule has 7 heteroatoms. The fourth-order valence-corrected chi connectivity index (χ4v) is 2.81. The number of amides is 2. The van der Waals surface area contributed by atoms with Gasteiger partial charge < -0.3 is 15.1 Å². The Balaban J connectivity index is 1.78. The van der Waals surface area contributed by atoms with Gasteiger partial charge in [0.25, 0.3) is 11.8 Å². The lowest BCUT2D eigenvalue weighted by Crippen LogP contribution is -2.33. The molecule has 1 aromatic heterocycles. The maximum Gasteiger partial charge on any atom is 0.275 e. The lowest BCUT2D eigenvalue weighted by molar-refractivity contribution is 0.0786. The second kappa shape index (κ2) is 9.76. The highest BCUT2D eigenvalue weighted by molar-refractivity contribution is 6.03.